The normalized spacial score (nSPS) is 12.3. The van der Waals surface area contributed by atoms with Crippen molar-refractivity contribution < 1.29 is 28.6 Å². The minimum atomic E-state index is -0.786. The average molecular weight is 968 g/mol. The van der Waals surface area contributed by atoms with E-state index in [0.717, 1.165) is 83.5 Å². The van der Waals surface area contributed by atoms with Crippen molar-refractivity contribution in [2.24, 2.45) is 0 Å². The summed E-state index contributed by atoms with van der Waals surface area (Å²) >= 11 is 0. The van der Waals surface area contributed by atoms with E-state index in [1.807, 2.05) is 0 Å². The van der Waals surface area contributed by atoms with Crippen LogP contribution in [0.4, 0.5) is 0 Å². The van der Waals surface area contributed by atoms with Gasteiger partial charge in [-0.1, -0.05) is 288 Å². The molecule has 6 nitrogen and oxygen atoms in total. The van der Waals surface area contributed by atoms with Crippen LogP contribution in [0.25, 0.3) is 0 Å². The van der Waals surface area contributed by atoms with Crippen LogP contribution in [0.1, 0.15) is 316 Å². The predicted molar refractivity (Wildman–Crippen MR) is 298 cm³/mol. The van der Waals surface area contributed by atoms with Gasteiger partial charge >= 0.3 is 17.9 Å². The lowest BCUT2D eigenvalue weighted by Crippen LogP contribution is -2.30. The minimum Gasteiger partial charge on any atom is -0.462 e. The molecule has 6 heteroatoms. The molecule has 402 valence electrons. The van der Waals surface area contributed by atoms with Crippen molar-refractivity contribution in [1.29, 1.82) is 0 Å². The van der Waals surface area contributed by atoms with E-state index < -0.39 is 6.10 Å². The summed E-state index contributed by atoms with van der Waals surface area (Å²) in [6, 6.07) is 0. The molecule has 0 bridgehead atoms. The molecule has 0 saturated heterocycles. The molecule has 0 rings (SSSR count). The predicted octanol–water partition coefficient (Wildman–Crippen LogP) is 20.2. The molecule has 69 heavy (non-hydrogen) atoms. The Morgan fingerprint density at radius 1 is 0.304 bits per heavy atom. The Bertz CT molecular complexity index is 1200. The number of ether oxygens (including phenoxy) is 3. The van der Waals surface area contributed by atoms with E-state index in [1.54, 1.807) is 0 Å². The SMILES string of the molecule is CC/C=C\C/C=C\C/C=C\C/C=C\CCCCC(=O)OC[C@H](COC(=O)CCCCCCCCCCCCCCCCCCCCC)OC(=O)CCCCCCCCCCCCCCCCCCC. The first kappa shape index (κ1) is 66.4. The number of rotatable bonds is 55. The molecule has 0 aromatic carbocycles. The van der Waals surface area contributed by atoms with Gasteiger partial charge in [-0.15, -0.1) is 0 Å². The standard InChI is InChI=1S/C63H114O6/c1-4-7-10-13-16-19-22-25-28-30-31-33-35-38-41-44-47-50-53-56-62(65)68-59-60(58-67-61(64)55-52-49-46-43-40-37-34-27-24-21-18-15-12-9-6-3)69-63(66)57-54-51-48-45-42-39-36-32-29-26-23-20-17-14-11-8-5-2/h9,12,18,21,27,34,40,43,60H,4-8,10-11,13-17,19-20,22-26,28-33,35-39,41-42,44-59H2,1-3H3/b12-9-,21-18-,34-27-,43-40-/t60-/m1/s1. The van der Waals surface area contributed by atoms with Gasteiger partial charge < -0.3 is 14.2 Å². The largest absolute Gasteiger partial charge is 0.462 e. The summed E-state index contributed by atoms with van der Waals surface area (Å²) < 4.78 is 16.9. The molecule has 0 aliphatic heterocycles. The maximum Gasteiger partial charge on any atom is 0.306 e. The van der Waals surface area contributed by atoms with Gasteiger partial charge in [0.2, 0.25) is 0 Å². The van der Waals surface area contributed by atoms with Crippen LogP contribution in [0, 0.1) is 0 Å². The van der Waals surface area contributed by atoms with Gasteiger partial charge in [0.25, 0.3) is 0 Å². The maximum atomic E-state index is 12.9. The molecule has 0 heterocycles. The van der Waals surface area contributed by atoms with Crippen LogP contribution in [0.3, 0.4) is 0 Å². The Morgan fingerprint density at radius 2 is 0.565 bits per heavy atom. The van der Waals surface area contributed by atoms with E-state index in [9.17, 15) is 14.4 Å². The molecule has 0 aliphatic rings. The molecule has 1 atom stereocenters. The molecule has 0 radical (unpaired) electrons. The van der Waals surface area contributed by atoms with E-state index in [4.69, 9.17) is 14.2 Å². The van der Waals surface area contributed by atoms with Gasteiger partial charge in [0.05, 0.1) is 0 Å². The van der Waals surface area contributed by atoms with Crippen molar-refractivity contribution in [2.45, 2.75) is 322 Å². The van der Waals surface area contributed by atoms with Gasteiger partial charge in [-0.05, 0) is 57.8 Å². The van der Waals surface area contributed by atoms with Crippen molar-refractivity contribution in [2.75, 3.05) is 13.2 Å². The average Bonchev–Trinajstić information content (AvgIpc) is 3.35. The summed E-state index contributed by atoms with van der Waals surface area (Å²) in [4.78, 5) is 38.2. The molecular formula is C63H114O6. The van der Waals surface area contributed by atoms with Crippen LogP contribution in [0.2, 0.25) is 0 Å². The van der Waals surface area contributed by atoms with Crippen molar-refractivity contribution in [1.82, 2.24) is 0 Å². The maximum absolute atomic E-state index is 12.9. The fraction of sp³-hybridized carbons (Fsp3) is 0.825. The van der Waals surface area contributed by atoms with Crippen molar-refractivity contribution in [3.63, 3.8) is 0 Å². The van der Waals surface area contributed by atoms with Crippen LogP contribution >= 0.6 is 0 Å². The van der Waals surface area contributed by atoms with E-state index in [0.29, 0.717) is 19.3 Å². The van der Waals surface area contributed by atoms with Crippen LogP contribution < -0.4 is 0 Å². The first-order valence-corrected chi connectivity index (χ1v) is 30.1. The number of carbonyl (C=O) groups is 3. The van der Waals surface area contributed by atoms with Crippen molar-refractivity contribution in [3.8, 4) is 0 Å². The molecule has 0 aromatic heterocycles. The third-order valence-corrected chi connectivity index (χ3v) is 13.3. The van der Waals surface area contributed by atoms with E-state index >= 15 is 0 Å². The summed E-state index contributed by atoms with van der Waals surface area (Å²) in [5.41, 5.74) is 0. The molecule has 0 N–H and O–H groups in total. The lowest BCUT2D eigenvalue weighted by molar-refractivity contribution is -0.167. The lowest BCUT2D eigenvalue weighted by atomic mass is 10.0. The highest BCUT2D eigenvalue weighted by molar-refractivity contribution is 5.71. The van der Waals surface area contributed by atoms with Crippen LogP contribution in [-0.4, -0.2) is 37.2 Å². The second kappa shape index (κ2) is 57.9. The van der Waals surface area contributed by atoms with Gasteiger partial charge in [0, 0.05) is 19.3 Å². The van der Waals surface area contributed by atoms with Gasteiger partial charge in [-0.3, -0.25) is 14.4 Å². The Hall–Kier alpha value is -2.63. The quantitative estimate of drug-likeness (QED) is 0.0262. The third kappa shape index (κ3) is 56.2. The Morgan fingerprint density at radius 3 is 0.884 bits per heavy atom. The molecule has 0 saturated carbocycles. The highest BCUT2D eigenvalue weighted by Gasteiger charge is 2.19. The number of hydrogen-bond acceptors (Lipinski definition) is 6. The molecule has 0 aromatic rings. The van der Waals surface area contributed by atoms with Crippen LogP contribution in [0.5, 0.6) is 0 Å². The fourth-order valence-electron chi connectivity index (χ4n) is 8.85. The monoisotopic (exact) mass is 967 g/mol. The fourth-order valence-corrected chi connectivity index (χ4v) is 8.85. The number of carbonyl (C=O) groups excluding carboxylic acids is 3. The summed E-state index contributed by atoms with van der Waals surface area (Å²) in [5.74, 6) is -0.905. The molecule has 0 spiro atoms. The zero-order valence-corrected chi connectivity index (χ0v) is 46.1. The number of allylic oxidation sites excluding steroid dienone is 8. The topological polar surface area (TPSA) is 78.9 Å². The van der Waals surface area contributed by atoms with Crippen LogP contribution in [-0.2, 0) is 28.6 Å². The van der Waals surface area contributed by atoms with Crippen LogP contribution in [0.15, 0.2) is 48.6 Å². The van der Waals surface area contributed by atoms with Crippen molar-refractivity contribution >= 4 is 17.9 Å². The zero-order chi connectivity index (χ0) is 50.0. The van der Waals surface area contributed by atoms with E-state index in [2.05, 4.69) is 69.4 Å². The Balaban J connectivity index is 4.36. The molecule has 0 unspecified atom stereocenters. The van der Waals surface area contributed by atoms with Gasteiger partial charge in [-0.2, -0.15) is 0 Å². The second-order valence-electron chi connectivity index (χ2n) is 20.2. The highest BCUT2D eigenvalue weighted by atomic mass is 16.6. The van der Waals surface area contributed by atoms with Gasteiger partial charge in [-0.25, -0.2) is 0 Å². The highest BCUT2D eigenvalue weighted by Crippen LogP contribution is 2.17. The van der Waals surface area contributed by atoms with E-state index in [-0.39, 0.29) is 31.1 Å². The van der Waals surface area contributed by atoms with Gasteiger partial charge in [0.15, 0.2) is 6.10 Å². The Labute approximate surface area is 428 Å². The van der Waals surface area contributed by atoms with Crippen molar-refractivity contribution in [3.05, 3.63) is 48.6 Å². The second-order valence-corrected chi connectivity index (χ2v) is 20.2. The first-order valence-electron chi connectivity index (χ1n) is 30.1. The first-order chi connectivity index (χ1) is 34.0. The Kier molecular flexibility index (Phi) is 55.7. The van der Waals surface area contributed by atoms with E-state index in [1.165, 1.54) is 193 Å². The number of unbranched alkanes of at least 4 members (excludes halogenated alkanes) is 36. The summed E-state index contributed by atoms with van der Waals surface area (Å²) in [6.07, 6.45) is 71.1. The number of hydrogen-bond donors (Lipinski definition) is 0. The van der Waals surface area contributed by atoms with Gasteiger partial charge in [0.1, 0.15) is 13.2 Å². The minimum absolute atomic E-state index is 0.0815. The smallest absolute Gasteiger partial charge is 0.306 e. The third-order valence-electron chi connectivity index (χ3n) is 13.3. The molecule has 0 aliphatic carbocycles. The lowest BCUT2D eigenvalue weighted by Gasteiger charge is -2.18. The summed E-state index contributed by atoms with van der Waals surface area (Å²) in [7, 11) is 0. The molecule has 0 fully saturated rings. The summed E-state index contributed by atoms with van der Waals surface area (Å²) in [6.45, 7) is 6.54. The number of esters is 3. The molecular weight excluding hydrogens is 853 g/mol. The summed E-state index contributed by atoms with van der Waals surface area (Å²) in [5, 5.41) is 0. The molecule has 0 amide bonds. The zero-order valence-electron chi connectivity index (χ0n) is 46.1.